The largest absolute Gasteiger partial charge is 0.393 e. The number of hydrogen-bond acceptors (Lipinski definition) is 3. The highest BCUT2D eigenvalue weighted by Crippen LogP contribution is 2.12. The topological polar surface area (TPSA) is 62.2 Å². The highest BCUT2D eigenvalue weighted by molar-refractivity contribution is 9.10. The Morgan fingerprint density at radius 2 is 2.31 bits per heavy atom. The minimum Gasteiger partial charge on any atom is -0.393 e. The molecule has 1 heterocycles. The molecule has 0 fully saturated rings. The molecule has 0 radical (unpaired) electrons. The number of hydrogen-bond donors (Lipinski definition) is 2. The molecule has 1 rings (SSSR count). The lowest BCUT2D eigenvalue weighted by atomic mass is 10.1. The quantitative estimate of drug-likeness (QED) is 0.829. The number of nitrogens with one attached hydrogen (secondary N) is 1. The maximum absolute atomic E-state index is 11.8. The molecule has 0 aliphatic rings. The van der Waals surface area contributed by atoms with Gasteiger partial charge in [0.05, 0.1) is 11.7 Å². The van der Waals surface area contributed by atoms with E-state index in [2.05, 4.69) is 26.2 Å². The van der Waals surface area contributed by atoms with Crippen molar-refractivity contribution in [2.45, 2.75) is 32.4 Å². The molecule has 4 nitrogen and oxygen atoms in total. The SMILES string of the molecule is CC(O)CC(C)NC(=O)c1cccnc1Br. The Labute approximate surface area is 103 Å². The van der Waals surface area contributed by atoms with Crippen LogP contribution in [0, 0.1) is 0 Å². The van der Waals surface area contributed by atoms with Crippen LogP contribution in [0.15, 0.2) is 22.9 Å². The molecule has 1 aromatic heterocycles. The van der Waals surface area contributed by atoms with E-state index in [0.717, 1.165) is 0 Å². The maximum Gasteiger partial charge on any atom is 0.254 e. The third kappa shape index (κ3) is 3.90. The smallest absolute Gasteiger partial charge is 0.254 e. The fourth-order valence-electron chi connectivity index (χ4n) is 1.43. The Bertz CT molecular complexity index is 369. The standard InChI is InChI=1S/C11H15BrN2O2/c1-7(6-8(2)15)14-11(16)9-4-3-5-13-10(9)12/h3-5,7-8,15H,6H2,1-2H3,(H,14,16). The summed E-state index contributed by atoms with van der Waals surface area (Å²) in [6, 6.07) is 3.33. The highest BCUT2D eigenvalue weighted by atomic mass is 79.9. The summed E-state index contributed by atoms with van der Waals surface area (Å²) in [5, 5.41) is 12.0. The van der Waals surface area contributed by atoms with Crippen molar-refractivity contribution in [2.24, 2.45) is 0 Å². The summed E-state index contributed by atoms with van der Waals surface area (Å²) in [4.78, 5) is 15.8. The Kier molecular flexibility index (Phi) is 4.89. The monoisotopic (exact) mass is 286 g/mol. The molecular weight excluding hydrogens is 272 g/mol. The van der Waals surface area contributed by atoms with Gasteiger partial charge in [0.1, 0.15) is 4.60 Å². The van der Waals surface area contributed by atoms with Crippen molar-refractivity contribution in [3.05, 3.63) is 28.5 Å². The van der Waals surface area contributed by atoms with E-state index in [1.54, 1.807) is 25.3 Å². The molecule has 1 aromatic rings. The van der Waals surface area contributed by atoms with Gasteiger partial charge in [-0.3, -0.25) is 4.79 Å². The summed E-state index contributed by atoms with van der Waals surface area (Å²) in [6.07, 6.45) is 1.72. The molecule has 88 valence electrons. The van der Waals surface area contributed by atoms with Crippen molar-refractivity contribution in [3.63, 3.8) is 0 Å². The lowest BCUT2D eigenvalue weighted by Crippen LogP contribution is -2.34. The van der Waals surface area contributed by atoms with Crippen molar-refractivity contribution < 1.29 is 9.90 Å². The predicted molar refractivity (Wildman–Crippen MR) is 65.2 cm³/mol. The highest BCUT2D eigenvalue weighted by Gasteiger charge is 2.14. The van der Waals surface area contributed by atoms with Crippen molar-refractivity contribution >= 4 is 21.8 Å². The van der Waals surface area contributed by atoms with Crippen LogP contribution in [0.4, 0.5) is 0 Å². The summed E-state index contributed by atoms with van der Waals surface area (Å²) in [7, 11) is 0. The summed E-state index contributed by atoms with van der Waals surface area (Å²) in [6.45, 7) is 3.55. The van der Waals surface area contributed by atoms with Crippen LogP contribution in [-0.4, -0.2) is 28.1 Å². The molecule has 5 heteroatoms. The molecular formula is C11H15BrN2O2. The van der Waals surface area contributed by atoms with Crippen LogP contribution in [0.3, 0.4) is 0 Å². The lowest BCUT2D eigenvalue weighted by Gasteiger charge is -2.15. The molecule has 0 bridgehead atoms. The first kappa shape index (κ1) is 13.1. The third-order valence-corrected chi connectivity index (χ3v) is 2.71. The number of nitrogens with zero attached hydrogens (tertiary/aromatic N) is 1. The normalized spacial score (nSPS) is 14.2. The Morgan fingerprint density at radius 1 is 1.62 bits per heavy atom. The number of carbonyl (C=O) groups excluding carboxylic acids is 1. The van der Waals surface area contributed by atoms with Crippen LogP contribution in [0.5, 0.6) is 0 Å². The van der Waals surface area contributed by atoms with Crippen molar-refractivity contribution in [2.75, 3.05) is 0 Å². The van der Waals surface area contributed by atoms with Gasteiger partial charge in [0.25, 0.3) is 5.91 Å². The number of aliphatic hydroxyl groups excluding tert-OH is 1. The van der Waals surface area contributed by atoms with E-state index in [9.17, 15) is 9.90 Å². The number of amides is 1. The Hall–Kier alpha value is -0.940. The molecule has 2 N–H and O–H groups in total. The van der Waals surface area contributed by atoms with E-state index < -0.39 is 6.10 Å². The first-order valence-corrected chi connectivity index (χ1v) is 5.89. The van der Waals surface area contributed by atoms with E-state index in [4.69, 9.17) is 0 Å². The second kappa shape index (κ2) is 5.96. The van der Waals surface area contributed by atoms with Gasteiger partial charge in [-0.1, -0.05) is 0 Å². The molecule has 0 saturated carbocycles. The second-order valence-corrected chi connectivity index (χ2v) is 4.55. The lowest BCUT2D eigenvalue weighted by molar-refractivity contribution is 0.0922. The van der Waals surface area contributed by atoms with E-state index in [0.29, 0.717) is 16.6 Å². The average molecular weight is 287 g/mol. The second-order valence-electron chi connectivity index (χ2n) is 3.80. The van der Waals surface area contributed by atoms with Gasteiger partial charge in [-0.2, -0.15) is 0 Å². The summed E-state index contributed by atoms with van der Waals surface area (Å²) >= 11 is 3.22. The van der Waals surface area contributed by atoms with E-state index in [1.165, 1.54) is 0 Å². The zero-order chi connectivity index (χ0) is 12.1. The van der Waals surface area contributed by atoms with Gasteiger partial charge in [0.15, 0.2) is 0 Å². The maximum atomic E-state index is 11.8. The van der Waals surface area contributed by atoms with Gasteiger partial charge >= 0.3 is 0 Å². The van der Waals surface area contributed by atoms with E-state index >= 15 is 0 Å². The summed E-state index contributed by atoms with van der Waals surface area (Å²) in [5.41, 5.74) is 0.500. The van der Waals surface area contributed by atoms with E-state index in [1.807, 2.05) is 6.92 Å². The van der Waals surface area contributed by atoms with Crippen LogP contribution in [0.25, 0.3) is 0 Å². The summed E-state index contributed by atoms with van der Waals surface area (Å²) < 4.78 is 0.525. The van der Waals surface area contributed by atoms with Gasteiger partial charge < -0.3 is 10.4 Å². The average Bonchev–Trinajstić information content (AvgIpc) is 2.16. The fraction of sp³-hybridized carbons (Fsp3) is 0.455. The zero-order valence-corrected chi connectivity index (χ0v) is 10.9. The van der Waals surface area contributed by atoms with Gasteiger partial charge in [0, 0.05) is 12.2 Å². The number of aliphatic hydroxyl groups is 1. The zero-order valence-electron chi connectivity index (χ0n) is 9.27. The first-order chi connectivity index (χ1) is 7.50. The van der Waals surface area contributed by atoms with Crippen LogP contribution in [0.2, 0.25) is 0 Å². The van der Waals surface area contributed by atoms with Crippen LogP contribution in [-0.2, 0) is 0 Å². The van der Waals surface area contributed by atoms with Crippen molar-refractivity contribution in [1.29, 1.82) is 0 Å². The van der Waals surface area contributed by atoms with Gasteiger partial charge in [0.2, 0.25) is 0 Å². The summed E-state index contributed by atoms with van der Waals surface area (Å²) in [5.74, 6) is -0.187. The fourth-order valence-corrected chi connectivity index (χ4v) is 1.86. The number of rotatable bonds is 4. The minimum atomic E-state index is -0.423. The van der Waals surface area contributed by atoms with E-state index in [-0.39, 0.29) is 11.9 Å². The van der Waals surface area contributed by atoms with Crippen LogP contribution < -0.4 is 5.32 Å². The van der Waals surface area contributed by atoms with Crippen LogP contribution in [0.1, 0.15) is 30.6 Å². The first-order valence-electron chi connectivity index (χ1n) is 5.10. The molecule has 2 unspecified atom stereocenters. The molecule has 2 atom stereocenters. The molecule has 16 heavy (non-hydrogen) atoms. The molecule has 0 saturated heterocycles. The molecule has 0 aromatic carbocycles. The number of aromatic nitrogens is 1. The molecule has 1 amide bonds. The van der Waals surface area contributed by atoms with Gasteiger partial charge in [-0.05, 0) is 48.3 Å². The van der Waals surface area contributed by atoms with Gasteiger partial charge in [-0.15, -0.1) is 0 Å². The number of carbonyl (C=O) groups is 1. The Morgan fingerprint density at radius 3 is 2.88 bits per heavy atom. The van der Waals surface area contributed by atoms with Gasteiger partial charge in [-0.25, -0.2) is 4.98 Å². The predicted octanol–water partition coefficient (Wildman–Crippen LogP) is 1.73. The Balaban J connectivity index is 2.63. The molecule has 0 aliphatic heterocycles. The van der Waals surface area contributed by atoms with Crippen molar-refractivity contribution in [1.82, 2.24) is 10.3 Å². The number of pyridine rings is 1. The molecule has 0 spiro atoms. The molecule has 0 aliphatic carbocycles. The minimum absolute atomic E-state index is 0.0698. The number of halogens is 1. The third-order valence-electron chi connectivity index (χ3n) is 2.08. The van der Waals surface area contributed by atoms with Crippen molar-refractivity contribution in [3.8, 4) is 0 Å². The van der Waals surface area contributed by atoms with Crippen LogP contribution >= 0.6 is 15.9 Å².